The summed E-state index contributed by atoms with van der Waals surface area (Å²) in [7, 11) is 2.06. The van der Waals surface area contributed by atoms with Crippen molar-refractivity contribution >= 4 is 11.9 Å². The third-order valence-corrected chi connectivity index (χ3v) is 4.40. The summed E-state index contributed by atoms with van der Waals surface area (Å²) in [4.78, 5) is 26.6. The van der Waals surface area contributed by atoms with Crippen molar-refractivity contribution in [2.24, 2.45) is 0 Å². The van der Waals surface area contributed by atoms with Crippen LogP contribution in [0.5, 0.6) is 0 Å². The summed E-state index contributed by atoms with van der Waals surface area (Å²) in [5.74, 6) is -0.137. The van der Waals surface area contributed by atoms with Crippen molar-refractivity contribution in [3.8, 4) is 11.1 Å². The van der Waals surface area contributed by atoms with Gasteiger partial charge in [0.25, 0.3) is 0 Å². The number of amides is 3. The van der Waals surface area contributed by atoms with Crippen molar-refractivity contribution < 1.29 is 9.59 Å². The maximum Gasteiger partial charge on any atom is 0.324 e. The second-order valence-corrected chi connectivity index (χ2v) is 6.32. The van der Waals surface area contributed by atoms with E-state index in [1.165, 1.54) is 21.6 Å². The fraction of sp³-hybridized carbons (Fsp3) is 0.300. The molecule has 0 saturated carbocycles. The number of hydrogen-bond acceptors (Lipinski definition) is 3. The maximum absolute atomic E-state index is 11.6. The highest BCUT2D eigenvalue weighted by atomic mass is 16.2. The van der Waals surface area contributed by atoms with Gasteiger partial charge in [-0.2, -0.15) is 0 Å². The van der Waals surface area contributed by atoms with E-state index in [1.54, 1.807) is 0 Å². The number of carbonyl (C=O) groups excluding carboxylic acids is 2. The Hall–Kier alpha value is -2.66. The number of imide groups is 1. The Labute approximate surface area is 148 Å². The van der Waals surface area contributed by atoms with Gasteiger partial charge in [0, 0.05) is 13.1 Å². The van der Waals surface area contributed by atoms with Crippen LogP contribution in [0.25, 0.3) is 11.1 Å². The Morgan fingerprint density at radius 1 is 1.04 bits per heavy atom. The minimum atomic E-state index is -0.276. The zero-order chi connectivity index (χ0) is 17.6. The smallest absolute Gasteiger partial charge is 0.324 e. The molecule has 0 aromatic heterocycles. The number of urea groups is 1. The fourth-order valence-corrected chi connectivity index (χ4v) is 3.11. The summed E-state index contributed by atoms with van der Waals surface area (Å²) >= 11 is 0. The van der Waals surface area contributed by atoms with Gasteiger partial charge in [0.05, 0.1) is 6.54 Å². The Morgan fingerprint density at radius 3 is 2.48 bits per heavy atom. The summed E-state index contributed by atoms with van der Waals surface area (Å²) in [5.41, 5.74) is 3.72. The third-order valence-electron chi connectivity index (χ3n) is 4.40. The van der Waals surface area contributed by atoms with Crippen molar-refractivity contribution in [2.45, 2.75) is 13.0 Å². The van der Waals surface area contributed by atoms with Crippen LogP contribution in [0.4, 0.5) is 4.79 Å². The van der Waals surface area contributed by atoms with Crippen molar-refractivity contribution in [3.63, 3.8) is 0 Å². The highest BCUT2D eigenvalue weighted by Crippen LogP contribution is 2.24. The molecule has 5 heteroatoms. The van der Waals surface area contributed by atoms with Crippen LogP contribution >= 0.6 is 0 Å². The van der Waals surface area contributed by atoms with Crippen LogP contribution in [0.15, 0.2) is 54.6 Å². The van der Waals surface area contributed by atoms with E-state index in [2.05, 4.69) is 53.7 Å². The second kappa shape index (κ2) is 7.94. The van der Waals surface area contributed by atoms with Gasteiger partial charge in [-0.25, -0.2) is 4.79 Å². The first-order valence-corrected chi connectivity index (χ1v) is 8.55. The topological polar surface area (TPSA) is 52.6 Å². The molecule has 0 aliphatic carbocycles. The number of rotatable bonds is 7. The second-order valence-electron chi connectivity index (χ2n) is 6.32. The summed E-state index contributed by atoms with van der Waals surface area (Å²) in [6.45, 7) is 2.24. The molecule has 1 aliphatic rings. The van der Waals surface area contributed by atoms with E-state index in [4.69, 9.17) is 0 Å². The van der Waals surface area contributed by atoms with Crippen LogP contribution in [0.3, 0.4) is 0 Å². The Kier molecular flexibility index (Phi) is 5.46. The van der Waals surface area contributed by atoms with Gasteiger partial charge in [-0.3, -0.25) is 9.69 Å². The summed E-state index contributed by atoms with van der Waals surface area (Å²) < 4.78 is 0. The molecule has 0 radical (unpaired) electrons. The summed E-state index contributed by atoms with van der Waals surface area (Å²) in [5, 5.41) is 2.55. The fourth-order valence-electron chi connectivity index (χ4n) is 3.11. The molecular formula is C20H23N3O2. The Morgan fingerprint density at radius 2 is 1.76 bits per heavy atom. The van der Waals surface area contributed by atoms with E-state index in [0.717, 1.165) is 19.5 Å². The lowest BCUT2D eigenvalue weighted by molar-refractivity contribution is -0.125. The normalized spacial score (nSPS) is 14.2. The van der Waals surface area contributed by atoms with Gasteiger partial charge in [0.15, 0.2) is 0 Å². The molecule has 2 aromatic carbocycles. The van der Waals surface area contributed by atoms with E-state index >= 15 is 0 Å². The molecule has 5 nitrogen and oxygen atoms in total. The molecule has 2 aromatic rings. The average molecular weight is 337 g/mol. The van der Waals surface area contributed by atoms with Crippen LogP contribution in [0, 0.1) is 0 Å². The molecular weight excluding hydrogens is 314 g/mol. The maximum atomic E-state index is 11.6. The van der Waals surface area contributed by atoms with Gasteiger partial charge < -0.3 is 10.2 Å². The molecule has 0 spiro atoms. The van der Waals surface area contributed by atoms with Gasteiger partial charge in [0.2, 0.25) is 5.91 Å². The molecule has 130 valence electrons. The predicted octanol–water partition coefficient (Wildman–Crippen LogP) is 2.73. The molecule has 1 saturated heterocycles. The largest absolute Gasteiger partial charge is 0.329 e. The predicted molar refractivity (Wildman–Crippen MR) is 97.9 cm³/mol. The van der Waals surface area contributed by atoms with E-state index in [1.807, 2.05) is 18.2 Å². The molecule has 3 rings (SSSR count). The minimum absolute atomic E-state index is 0.124. The van der Waals surface area contributed by atoms with Crippen molar-refractivity contribution in [1.29, 1.82) is 0 Å². The number of hydrogen-bond donors (Lipinski definition) is 1. The van der Waals surface area contributed by atoms with Crippen LogP contribution < -0.4 is 5.32 Å². The minimum Gasteiger partial charge on any atom is -0.329 e. The van der Waals surface area contributed by atoms with Gasteiger partial charge in [-0.05, 0) is 36.7 Å². The van der Waals surface area contributed by atoms with Crippen LogP contribution in [-0.2, 0) is 11.3 Å². The van der Waals surface area contributed by atoms with Gasteiger partial charge in [-0.1, -0.05) is 54.6 Å². The molecule has 25 heavy (non-hydrogen) atoms. The summed E-state index contributed by atoms with van der Waals surface area (Å²) in [6.07, 6.45) is 0.767. The van der Waals surface area contributed by atoms with Crippen LogP contribution in [-0.4, -0.2) is 48.4 Å². The molecule has 1 heterocycles. The van der Waals surface area contributed by atoms with E-state index < -0.39 is 0 Å². The SMILES string of the molecule is CN(CCCN1C(=O)CNC1=O)Cc1ccccc1-c1ccccc1. The number of benzene rings is 2. The molecule has 3 amide bonds. The van der Waals surface area contributed by atoms with Crippen molar-refractivity contribution in [2.75, 3.05) is 26.7 Å². The zero-order valence-electron chi connectivity index (χ0n) is 14.4. The molecule has 1 aliphatic heterocycles. The third kappa shape index (κ3) is 4.25. The van der Waals surface area contributed by atoms with Crippen LogP contribution in [0.1, 0.15) is 12.0 Å². The highest BCUT2D eigenvalue weighted by Gasteiger charge is 2.27. The lowest BCUT2D eigenvalue weighted by atomic mass is 9.99. The Bertz CT molecular complexity index is 730. The number of carbonyl (C=O) groups is 2. The van der Waals surface area contributed by atoms with Crippen LogP contribution in [0.2, 0.25) is 0 Å². The van der Waals surface area contributed by atoms with Crippen molar-refractivity contribution in [3.05, 3.63) is 60.2 Å². The van der Waals surface area contributed by atoms with Gasteiger partial charge >= 0.3 is 6.03 Å². The first kappa shape index (κ1) is 17.2. The Balaban J connectivity index is 1.57. The number of nitrogens with zero attached hydrogens (tertiary/aromatic N) is 2. The highest BCUT2D eigenvalue weighted by molar-refractivity contribution is 6.01. The molecule has 0 bridgehead atoms. The molecule has 0 atom stereocenters. The van der Waals surface area contributed by atoms with Crippen molar-refractivity contribution in [1.82, 2.24) is 15.1 Å². The average Bonchev–Trinajstić information content (AvgIpc) is 2.95. The standard InChI is InChI=1S/C20H23N3O2/c1-22(12-7-13-23-19(24)14-21-20(23)25)15-17-10-5-6-11-18(17)16-8-3-2-4-9-16/h2-6,8-11H,7,12-15H2,1H3,(H,21,25). The van der Waals surface area contributed by atoms with E-state index in [9.17, 15) is 9.59 Å². The quantitative estimate of drug-likeness (QED) is 0.791. The number of nitrogens with one attached hydrogen (secondary N) is 1. The van der Waals surface area contributed by atoms with E-state index in [0.29, 0.717) is 6.54 Å². The van der Waals surface area contributed by atoms with Gasteiger partial charge in [-0.15, -0.1) is 0 Å². The first-order valence-electron chi connectivity index (χ1n) is 8.55. The first-order chi connectivity index (χ1) is 12.1. The molecule has 1 fully saturated rings. The zero-order valence-corrected chi connectivity index (χ0v) is 14.4. The van der Waals surface area contributed by atoms with Gasteiger partial charge in [0.1, 0.15) is 0 Å². The monoisotopic (exact) mass is 337 g/mol. The summed E-state index contributed by atoms with van der Waals surface area (Å²) in [6, 6.07) is 18.5. The molecule has 1 N–H and O–H groups in total. The molecule has 0 unspecified atom stereocenters. The lowest BCUT2D eigenvalue weighted by Gasteiger charge is -2.20. The lowest BCUT2D eigenvalue weighted by Crippen LogP contribution is -2.33. The van der Waals surface area contributed by atoms with E-state index in [-0.39, 0.29) is 18.5 Å².